The van der Waals surface area contributed by atoms with Crippen molar-refractivity contribution in [3.8, 4) is 11.5 Å². The van der Waals surface area contributed by atoms with Crippen LogP contribution >= 0.6 is 11.6 Å². The lowest BCUT2D eigenvalue weighted by Crippen LogP contribution is -2.06. The molecule has 0 aliphatic rings. The van der Waals surface area contributed by atoms with Gasteiger partial charge in [-0.2, -0.15) is 0 Å². The van der Waals surface area contributed by atoms with Gasteiger partial charge in [0.1, 0.15) is 6.61 Å². The number of rotatable bonds is 6. The van der Waals surface area contributed by atoms with Gasteiger partial charge in [-0.1, -0.05) is 41.9 Å². The Kier molecular flexibility index (Phi) is 5.67. The van der Waals surface area contributed by atoms with Crippen molar-refractivity contribution in [3.05, 3.63) is 58.6 Å². The van der Waals surface area contributed by atoms with Gasteiger partial charge in [0.05, 0.1) is 24.3 Å². The Bertz CT molecular complexity index is 641. The van der Waals surface area contributed by atoms with Gasteiger partial charge < -0.3 is 14.2 Å². The summed E-state index contributed by atoms with van der Waals surface area (Å²) in [6.45, 7) is 2.40. The van der Waals surface area contributed by atoms with Gasteiger partial charge in [0.15, 0.2) is 11.5 Å². The van der Waals surface area contributed by atoms with Crippen LogP contribution in [-0.4, -0.2) is 19.7 Å². The molecule has 0 radical (unpaired) electrons. The Hall–Kier alpha value is -2.20. The van der Waals surface area contributed by atoms with E-state index in [-0.39, 0.29) is 0 Å². The predicted molar refractivity (Wildman–Crippen MR) is 84.7 cm³/mol. The van der Waals surface area contributed by atoms with Gasteiger partial charge in [0, 0.05) is 0 Å². The number of halogens is 1. The van der Waals surface area contributed by atoms with Gasteiger partial charge in [-0.05, 0) is 24.6 Å². The third kappa shape index (κ3) is 3.92. The van der Waals surface area contributed by atoms with Crippen LogP contribution in [0, 0.1) is 0 Å². The molecule has 0 saturated heterocycles. The molecule has 22 heavy (non-hydrogen) atoms. The molecule has 0 aliphatic carbocycles. The zero-order valence-electron chi connectivity index (χ0n) is 12.5. The highest BCUT2D eigenvalue weighted by Gasteiger charge is 2.16. The number of ether oxygens (including phenoxy) is 3. The Morgan fingerprint density at radius 1 is 1.18 bits per heavy atom. The average molecular weight is 321 g/mol. The number of esters is 1. The molecular formula is C17H17ClO4. The highest BCUT2D eigenvalue weighted by molar-refractivity contribution is 6.32. The summed E-state index contributed by atoms with van der Waals surface area (Å²) in [7, 11) is 1.50. The molecule has 0 bridgehead atoms. The van der Waals surface area contributed by atoms with E-state index in [1.807, 2.05) is 30.3 Å². The summed E-state index contributed by atoms with van der Waals surface area (Å²) < 4.78 is 16.0. The molecule has 0 aromatic heterocycles. The van der Waals surface area contributed by atoms with Crippen LogP contribution in [-0.2, 0) is 11.3 Å². The van der Waals surface area contributed by atoms with Crippen LogP contribution in [0.25, 0.3) is 0 Å². The first kappa shape index (κ1) is 16.2. The van der Waals surface area contributed by atoms with Gasteiger partial charge >= 0.3 is 5.97 Å². The molecule has 2 aromatic carbocycles. The summed E-state index contributed by atoms with van der Waals surface area (Å²) in [5.74, 6) is 0.352. The van der Waals surface area contributed by atoms with E-state index in [1.165, 1.54) is 13.2 Å². The zero-order valence-corrected chi connectivity index (χ0v) is 13.2. The van der Waals surface area contributed by atoms with Crippen LogP contribution in [0.2, 0.25) is 5.02 Å². The quantitative estimate of drug-likeness (QED) is 0.752. The van der Waals surface area contributed by atoms with Crippen molar-refractivity contribution in [1.29, 1.82) is 0 Å². The minimum atomic E-state index is -0.447. The first-order valence-corrected chi connectivity index (χ1v) is 7.25. The monoisotopic (exact) mass is 320 g/mol. The molecule has 0 heterocycles. The standard InChI is InChI=1S/C17H17ClO4/c1-3-21-17(19)13-9-14(18)16(15(10-13)20-2)22-11-12-7-5-4-6-8-12/h4-10H,3,11H2,1-2H3. The topological polar surface area (TPSA) is 44.8 Å². The minimum Gasteiger partial charge on any atom is -0.493 e. The number of hydrogen-bond donors (Lipinski definition) is 0. The molecule has 0 amide bonds. The van der Waals surface area contributed by atoms with Crippen molar-refractivity contribution in [2.75, 3.05) is 13.7 Å². The first-order valence-electron chi connectivity index (χ1n) is 6.87. The van der Waals surface area contributed by atoms with Crippen molar-refractivity contribution in [3.63, 3.8) is 0 Å². The summed E-state index contributed by atoms with van der Waals surface area (Å²) in [6, 6.07) is 12.8. The lowest BCUT2D eigenvalue weighted by atomic mass is 10.2. The zero-order chi connectivity index (χ0) is 15.9. The lowest BCUT2D eigenvalue weighted by Gasteiger charge is -2.14. The first-order chi connectivity index (χ1) is 10.7. The van der Waals surface area contributed by atoms with Gasteiger partial charge in [-0.3, -0.25) is 0 Å². The van der Waals surface area contributed by atoms with Crippen LogP contribution in [0.4, 0.5) is 0 Å². The molecule has 4 nitrogen and oxygen atoms in total. The van der Waals surface area contributed by atoms with E-state index in [4.69, 9.17) is 25.8 Å². The lowest BCUT2D eigenvalue weighted by molar-refractivity contribution is 0.0526. The molecule has 0 unspecified atom stereocenters. The molecule has 0 fully saturated rings. The fourth-order valence-corrected chi connectivity index (χ4v) is 2.19. The Labute approximate surface area is 134 Å². The van der Waals surface area contributed by atoms with Crippen molar-refractivity contribution < 1.29 is 19.0 Å². The Morgan fingerprint density at radius 3 is 2.55 bits per heavy atom. The number of carbonyl (C=O) groups excluding carboxylic acids is 1. The number of carbonyl (C=O) groups is 1. The maximum Gasteiger partial charge on any atom is 0.338 e. The second-order valence-corrected chi connectivity index (χ2v) is 4.89. The third-order valence-corrected chi connectivity index (χ3v) is 3.25. The summed E-state index contributed by atoms with van der Waals surface area (Å²) in [6.07, 6.45) is 0. The van der Waals surface area contributed by atoms with E-state index in [0.717, 1.165) is 5.56 Å². The maximum absolute atomic E-state index is 11.8. The highest BCUT2D eigenvalue weighted by atomic mass is 35.5. The second-order valence-electron chi connectivity index (χ2n) is 4.48. The van der Waals surface area contributed by atoms with Crippen LogP contribution in [0.15, 0.2) is 42.5 Å². The minimum absolute atomic E-state index is 0.297. The summed E-state index contributed by atoms with van der Waals surface area (Å²) in [5.41, 5.74) is 1.34. The second kappa shape index (κ2) is 7.71. The summed E-state index contributed by atoms with van der Waals surface area (Å²) >= 11 is 6.21. The van der Waals surface area contributed by atoms with Gasteiger partial charge in [0.25, 0.3) is 0 Å². The van der Waals surface area contributed by atoms with E-state index >= 15 is 0 Å². The highest BCUT2D eigenvalue weighted by Crippen LogP contribution is 2.37. The van der Waals surface area contributed by atoms with E-state index < -0.39 is 5.97 Å². The fourth-order valence-electron chi connectivity index (χ4n) is 1.92. The van der Waals surface area contributed by atoms with E-state index in [1.54, 1.807) is 13.0 Å². The fraction of sp³-hybridized carbons (Fsp3) is 0.235. The molecule has 116 valence electrons. The molecule has 5 heteroatoms. The third-order valence-electron chi connectivity index (χ3n) is 2.97. The molecule has 0 aliphatic heterocycles. The molecular weight excluding hydrogens is 304 g/mol. The molecule has 0 N–H and O–H groups in total. The normalized spacial score (nSPS) is 10.1. The molecule has 2 rings (SSSR count). The van der Waals surface area contributed by atoms with Gasteiger partial charge in [-0.15, -0.1) is 0 Å². The van der Waals surface area contributed by atoms with E-state index in [2.05, 4.69) is 0 Å². The molecule has 0 saturated carbocycles. The Morgan fingerprint density at radius 2 is 1.91 bits per heavy atom. The number of hydrogen-bond acceptors (Lipinski definition) is 4. The van der Waals surface area contributed by atoms with Gasteiger partial charge in [-0.25, -0.2) is 4.79 Å². The summed E-state index contributed by atoms with van der Waals surface area (Å²) in [4.78, 5) is 11.8. The number of benzene rings is 2. The molecule has 2 aromatic rings. The number of methoxy groups -OCH3 is 1. The smallest absolute Gasteiger partial charge is 0.338 e. The van der Waals surface area contributed by atoms with Crippen LogP contribution < -0.4 is 9.47 Å². The van der Waals surface area contributed by atoms with Crippen LogP contribution in [0.5, 0.6) is 11.5 Å². The van der Waals surface area contributed by atoms with Crippen molar-refractivity contribution in [1.82, 2.24) is 0 Å². The Balaban J connectivity index is 2.22. The van der Waals surface area contributed by atoms with E-state index in [9.17, 15) is 4.79 Å². The van der Waals surface area contributed by atoms with Crippen molar-refractivity contribution in [2.45, 2.75) is 13.5 Å². The van der Waals surface area contributed by atoms with E-state index in [0.29, 0.717) is 35.3 Å². The van der Waals surface area contributed by atoms with Crippen molar-refractivity contribution in [2.24, 2.45) is 0 Å². The molecule has 0 spiro atoms. The largest absolute Gasteiger partial charge is 0.493 e. The van der Waals surface area contributed by atoms with Crippen molar-refractivity contribution >= 4 is 17.6 Å². The molecule has 0 atom stereocenters. The van der Waals surface area contributed by atoms with Crippen LogP contribution in [0.1, 0.15) is 22.8 Å². The van der Waals surface area contributed by atoms with Crippen LogP contribution in [0.3, 0.4) is 0 Å². The van der Waals surface area contributed by atoms with Gasteiger partial charge in [0.2, 0.25) is 0 Å². The predicted octanol–water partition coefficient (Wildman–Crippen LogP) is 4.10. The summed E-state index contributed by atoms with van der Waals surface area (Å²) in [5, 5.41) is 0.304. The SMILES string of the molecule is CCOC(=O)c1cc(Cl)c(OCc2ccccc2)c(OC)c1. The maximum atomic E-state index is 11.8. The average Bonchev–Trinajstić information content (AvgIpc) is 2.54.